The van der Waals surface area contributed by atoms with Gasteiger partial charge in [-0.25, -0.2) is 4.39 Å². The minimum absolute atomic E-state index is 0.0501. The van der Waals surface area contributed by atoms with Gasteiger partial charge in [-0.3, -0.25) is 0 Å². The quantitative estimate of drug-likeness (QED) is 0.845. The maximum absolute atomic E-state index is 13.6. The molecule has 21 heavy (non-hydrogen) atoms. The van der Waals surface area contributed by atoms with E-state index < -0.39 is 11.9 Å². The van der Waals surface area contributed by atoms with Gasteiger partial charge in [0.05, 0.1) is 11.7 Å². The summed E-state index contributed by atoms with van der Waals surface area (Å²) in [5.41, 5.74) is 0.580. The average molecular weight is 292 g/mol. The average Bonchev–Trinajstić information content (AvgIpc) is 2.43. The van der Waals surface area contributed by atoms with Crippen LogP contribution in [-0.4, -0.2) is 17.8 Å². The van der Waals surface area contributed by atoms with E-state index >= 15 is 0 Å². The van der Waals surface area contributed by atoms with Gasteiger partial charge >= 0.3 is 0 Å². The largest absolute Gasteiger partial charge is 0.392 e. The Morgan fingerprint density at radius 3 is 2.43 bits per heavy atom. The first-order valence-corrected chi connectivity index (χ1v) is 7.30. The standard InChI is InChI=1S/C17H25FN2O/c1-11(2)16(21)17(4,5)10-20-12(3)13-6-7-14(9-19)15(18)8-13/h6-8,11-12,16,20-21H,10H2,1-5H3. The van der Waals surface area contributed by atoms with Crippen molar-refractivity contribution in [3.8, 4) is 6.07 Å². The number of hydrogen-bond acceptors (Lipinski definition) is 3. The first-order chi connectivity index (χ1) is 9.69. The predicted octanol–water partition coefficient (Wildman–Crippen LogP) is 3.39. The molecule has 0 aliphatic heterocycles. The Kier molecular flexibility index (Phi) is 5.88. The highest BCUT2D eigenvalue weighted by atomic mass is 19.1. The van der Waals surface area contributed by atoms with Gasteiger partial charge in [0.1, 0.15) is 11.9 Å². The molecule has 116 valence electrons. The molecule has 1 rings (SSSR count). The highest BCUT2D eigenvalue weighted by Crippen LogP contribution is 2.26. The van der Waals surface area contributed by atoms with Crippen LogP contribution in [0, 0.1) is 28.5 Å². The maximum Gasteiger partial charge on any atom is 0.141 e. The van der Waals surface area contributed by atoms with E-state index in [1.54, 1.807) is 6.07 Å². The van der Waals surface area contributed by atoms with Gasteiger partial charge in [-0.1, -0.05) is 33.8 Å². The zero-order valence-electron chi connectivity index (χ0n) is 13.4. The molecule has 0 bridgehead atoms. The lowest BCUT2D eigenvalue weighted by Crippen LogP contribution is -2.42. The third kappa shape index (κ3) is 4.52. The fourth-order valence-electron chi connectivity index (χ4n) is 2.43. The van der Waals surface area contributed by atoms with Crippen molar-refractivity contribution in [2.45, 2.75) is 46.8 Å². The van der Waals surface area contributed by atoms with Gasteiger partial charge in [-0.15, -0.1) is 0 Å². The molecule has 1 aromatic rings. The molecule has 4 heteroatoms. The molecule has 0 saturated carbocycles. The summed E-state index contributed by atoms with van der Waals surface area (Å²) in [5, 5.41) is 22.3. The number of aliphatic hydroxyl groups is 1. The smallest absolute Gasteiger partial charge is 0.141 e. The molecule has 3 nitrogen and oxygen atoms in total. The van der Waals surface area contributed by atoms with Crippen LogP contribution in [0.5, 0.6) is 0 Å². The molecule has 2 N–H and O–H groups in total. The minimum Gasteiger partial charge on any atom is -0.392 e. The number of nitrogens with zero attached hydrogens (tertiary/aromatic N) is 1. The third-order valence-corrected chi connectivity index (χ3v) is 3.91. The molecule has 0 radical (unpaired) electrons. The molecule has 0 aromatic heterocycles. The topological polar surface area (TPSA) is 56.0 Å². The lowest BCUT2D eigenvalue weighted by Gasteiger charge is -2.34. The van der Waals surface area contributed by atoms with Gasteiger partial charge in [0, 0.05) is 18.0 Å². The first kappa shape index (κ1) is 17.6. The molecule has 0 heterocycles. The molecule has 0 fully saturated rings. The Labute approximate surface area is 126 Å². The van der Waals surface area contributed by atoms with Gasteiger partial charge in [-0.05, 0) is 30.5 Å². The normalized spacial score (nSPS) is 14.8. The van der Waals surface area contributed by atoms with E-state index in [-0.39, 0.29) is 22.9 Å². The number of nitriles is 1. The number of aliphatic hydroxyl groups excluding tert-OH is 1. The van der Waals surface area contributed by atoms with E-state index in [0.717, 1.165) is 5.56 Å². The zero-order valence-corrected chi connectivity index (χ0v) is 13.4. The molecule has 1 aromatic carbocycles. The zero-order chi connectivity index (χ0) is 16.2. The SMILES string of the molecule is CC(NCC(C)(C)C(O)C(C)C)c1ccc(C#N)c(F)c1. The van der Waals surface area contributed by atoms with Crippen molar-refractivity contribution in [2.75, 3.05) is 6.54 Å². The molecular weight excluding hydrogens is 267 g/mol. The van der Waals surface area contributed by atoms with Crippen LogP contribution in [0.3, 0.4) is 0 Å². The van der Waals surface area contributed by atoms with Crippen molar-refractivity contribution in [1.82, 2.24) is 5.32 Å². The summed E-state index contributed by atoms with van der Waals surface area (Å²) in [6.45, 7) is 10.6. The molecule has 0 saturated heterocycles. The van der Waals surface area contributed by atoms with Crippen LogP contribution in [0.1, 0.15) is 51.8 Å². The summed E-state index contributed by atoms with van der Waals surface area (Å²) in [5.74, 6) is -0.311. The van der Waals surface area contributed by atoms with E-state index in [4.69, 9.17) is 5.26 Å². The molecule has 0 amide bonds. The molecule has 2 atom stereocenters. The van der Waals surface area contributed by atoms with E-state index in [1.165, 1.54) is 12.1 Å². The number of hydrogen-bond donors (Lipinski definition) is 2. The number of benzene rings is 1. The van der Waals surface area contributed by atoms with Crippen molar-refractivity contribution in [3.05, 3.63) is 35.1 Å². The Morgan fingerprint density at radius 2 is 1.95 bits per heavy atom. The van der Waals surface area contributed by atoms with Gasteiger partial charge in [0.15, 0.2) is 0 Å². The lowest BCUT2D eigenvalue weighted by atomic mass is 9.80. The van der Waals surface area contributed by atoms with E-state index in [9.17, 15) is 9.50 Å². The van der Waals surface area contributed by atoms with Crippen LogP contribution < -0.4 is 5.32 Å². The summed E-state index contributed by atoms with van der Waals surface area (Å²) < 4.78 is 13.6. The van der Waals surface area contributed by atoms with Gasteiger partial charge in [0.25, 0.3) is 0 Å². The highest BCUT2D eigenvalue weighted by Gasteiger charge is 2.30. The first-order valence-electron chi connectivity index (χ1n) is 7.30. The van der Waals surface area contributed by atoms with Crippen LogP contribution in [0.4, 0.5) is 4.39 Å². The van der Waals surface area contributed by atoms with Gasteiger partial charge < -0.3 is 10.4 Å². The summed E-state index contributed by atoms with van der Waals surface area (Å²) in [6.07, 6.45) is -0.407. The Morgan fingerprint density at radius 1 is 1.33 bits per heavy atom. The molecular formula is C17H25FN2O. The Balaban J connectivity index is 2.72. The fraction of sp³-hybridized carbons (Fsp3) is 0.588. The number of rotatable bonds is 6. The second-order valence-electron chi connectivity index (χ2n) is 6.63. The maximum atomic E-state index is 13.6. The number of halogens is 1. The second kappa shape index (κ2) is 7.02. The van der Waals surface area contributed by atoms with Crippen molar-refractivity contribution in [3.63, 3.8) is 0 Å². The summed E-state index contributed by atoms with van der Waals surface area (Å²) in [4.78, 5) is 0. The van der Waals surface area contributed by atoms with Gasteiger partial charge in [0.2, 0.25) is 0 Å². The Bertz CT molecular complexity index is 520. The van der Waals surface area contributed by atoms with E-state index in [1.807, 2.05) is 40.7 Å². The fourth-order valence-corrected chi connectivity index (χ4v) is 2.43. The van der Waals surface area contributed by atoms with Crippen LogP contribution in [-0.2, 0) is 0 Å². The molecule has 0 spiro atoms. The summed E-state index contributed by atoms with van der Waals surface area (Å²) in [7, 11) is 0. The molecule has 0 aliphatic carbocycles. The van der Waals surface area contributed by atoms with Crippen molar-refractivity contribution >= 4 is 0 Å². The molecule has 0 aliphatic rings. The van der Waals surface area contributed by atoms with Crippen molar-refractivity contribution < 1.29 is 9.50 Å². The summed E-state index contributed by atoms with van der Waals surface area (Å²) >= 11 is 0. The van der Waals surface area contributed by atoms with Gasteiger partial charge in [-0.2, -0.15) is 5.26 Å². The van der Waals surface area contributed by atoms with Crippen LogP contribution >= 0.6 is 0 Å². The number of nitrogens with one attached hydrogen (secondary N) is 1. The predicted molar refractivity (Wildman–Crippen MR) is 82.2 cm³/mol. The van der Waals surface area contributed by atoms with E-state index in [2.05, 4.69) is 5.32 Å². The highest BCUT2D eigenvalue weighted by molar-refractivity contribution is 5.34. The monoisotopic (exact) mass is 292 g/mol. The van der Waals surface area contributed by atoms with Crippen LogP contribution in [0.2, 0.25) is 0 Å². The second-order valence-corrected chi connectivity index (χ2v) is 6.63. The Hall–Kier alpha value is -1.44. The summed E-state index contributed by atoms with van der Waals surface area (Å²) in [6, 6.07) is 6.41. The van der Waals surface area contributed by atoms with Crippen molar-refractivity contribution in [2.24, 2.45) is 11.3 Å². The third-order valence-electron chi connectivity index (χ3n) is 3.91. The lowest BCUT2D eigenvalue weighted by molar-refractivity contribution is 0.0123. The minimum atomic E-state index is -0.495. The van der Waals surface area contributed by atoms with Crippen molar-refractivity contribution in [1.29, 1.82) is 5.26 Å². The molecule has 2 unspecified atom stereocenters. The van der Waals surface area contributed by atoms with E-state index in [0.29, 0.717) is 6.54 Å². The van der Waals surface area contributed by atoms with Crippen LogP contribution in [0.15, 0.2) is 18.2 Å². The van der Waals surface area contributed by atoms with Crippen LogP contribution in [0.25, 0.3) is 0 Å².